The third kappa shape index (κ3) is 4.32. The first-order valence-electron chi connectivity index (χ1n) is 4.73. The van der Waals surface area contributed by atoms with Crippen molar-refractivity contribution >= 4 is 11.6 Å². The minimum absolute atomic E-state index is 0.210. The third-order valence-corrected chi connectivity index (χ3v) is 1.97. The maximum atomic E-state index is 12.8. The maximum Gasteiger partial charge on any atom is 0.444 e. The van der Waals surface area contributed by atoms with Gasteiger partial charge in [-0.3, -0.25) is 0 Å². The minimum atomic E-state index is -4.07. The molecule has 96 valence electrons. The van der Waals surface area contributed by atoms with Gasteiger partial charge in [0.15, 0.2) is 0 Å². The number of rotatable bonds is 6. The molecule has 0 saturated carbocycles. The van der Waals surface area contributed by atoms with Gasteiger partial charge >= 0.3 is 6.11 Å². The molecule has 1 atom stereocenters. The van der Waals surface area contributed by atoms with Crippen molar-refractivity contribution in [1.82, 2.24) is 0 Å². The number of nitrogens with two attached hydrogens (primary N) is 1. The molecule has 0 radical (unpaired) electrons. The summed E-state index contributed by atoms with van der Waals surface area (Å²) in [5.41, 5.74) is 2.31. The van der Waals surface area contributed by atoms with E-state index < -0.39 is 11.7 Å². The van der Waals surface area contributed by atoms with Crippen molar-refractivity contribution in [3.8, 4) is 11.5 Å². The van der Waals surface area contributed by atoms with E-state index in [2.05, 4.69) is 16.3 Å². The number of alkyl halides is 4. The fourth-order valence-electron chi connectivity index (χ4n) is 0.982. The zero-order valence-electron chi connectivity index (χ0n) is 8.71. The lowest BCUT2D eigenvalue weighted by atomic mass is 10.3. The van der Waals surface area contributed by atoms with E-state index in [1.807, 2.05) is 0 Å². The summed E-state index contributed by atoms with van der Waals surface area (Å²) >= 11 is 4.64. The van der Waals surface area contributed by atoms with E-state index in [1.165, 1.54) is 24.3 Å². The lowest BCUT2D eigenvalue weighted by molar-refractivity contribution is -0.199. The van der Waals surface area contributed by atoms with Crippen LogP contribution in [0.15, 0.2) is 24.3 Å². The molecule has 0 spiro atoms. The van der Waals surface area contributed by atoms with Gasteiger partial charge in [-0.2, -0.15) is 8.78 Å². The van der Waals surface area contributed by atoms with E-state index in [9.17, 15) is 13.2 Å². The number of ether oxygens (including phenoxy) is 2. The first-order chi connectivity index (χ1) is 7.95. The monoisotopic (exact) mass is 269 g/mol. The van der Waals surface area contributed by atoms with Crippen LogP contribution >= 0.6 is 11.6 Å². The van der Waals surface area contributed by atoms with Crippen LogP contribution in [0.2, 0.25) is 0 Å². The highest BCUT2D eigenvalue weighted by Gasteiger charge is 2.42. The summed E-state index contributed by atoms with van der Waals surface area (Å²) in [6.45, 7) is 0.650. The Morgan fingerprint density at radius 1 is 1.24 bits per heavy atom. The molecule has 7 heteroatoms. The quantitative estimate of drug-likeness (QED) is 0.807. The Morgan fingerprint density at radius 3 is 2.24 bits per heavy atom. The van der Waals surface area contributed by atoms with Gasteiger partial charge in [0.2, 0.25) is 0 Å². The van der Waals surface area contributed by atoms with Crippen LogP contribution < -0.4 is 15.2 Å². The van der Waals surface area contributed by atoms with Crippen molar-refractivity contribution in [1.29, 1.82) is 0 Å². The summed E-state index contributed by atoms with van der Waals surface area (Å²) in [5.74, 6) is 0.243. The topological polar surface area (TPSA) is 44.5 Å². The van der Waals surface area contributed by atoms with E-state index in [4.69, 9.17) is 10.5 Å². The molecular weight excluding hydrogens is 259 g/mol. The molecule has 1 aromatic rings. The molecule has 0 aliphatic carbocycles. The highest BCUT2D eigenvalue weighted by molar-refractivity contribution is 6.20. The molecule has 1 aromatic carbocycles. The smallest absolute Gasteiger partial charge is 0.444 e. The number of benzene rings is 1. The van der Waals surface area contributed by atoms with E-state index >= 15 is 0 Å². The van der Waals surface area contributed by atoms with E-state index in [1.54, 1.807) is 0 Å². The van der Waals surface area contributed by atoms with Crippen LogP contribution in [0.3, 0.4) is 0 Å². The fourth-order valence-corrected chi connectivity index (χ4v) is 1.03. The van der Waals surface area contributed by atoms with Crippen LogP contribution in [0.1, 0.15) is 0 Å². The summed E-state index contributed by atoms with van der Waals surface area (Å²) < 4.78 is 47.0. The Bertz CT molecular complexity index is 346. The molecule has 2 N–H and O–H groups in total. The molecule has 0 fully saturated rings. The normalized spacial score (nSPS) is 13.2. The number of hydrogen-bond acceptors (Lipinski definition) is 3. The average Bonchev–Trinajstić information content (AvgIpc) is 2.27. The predicted molar refractivity (Wildman–Crippen MR) is 57.3 cm³/mol. The molecule has 0 aromatic heterocycles. The Balaban J connectivity index is 2.62. The van der Waals surface area contributed by atoms with Gasteiger partial charge in [0.25, 0.3) is 5.63 Å². The van der Waals surface area contributed by atoms with Gasteiger partial charge in [0.1, 0.15) is 18.1 Å². The van der Waals surface area contributed by atoms with Crippen molar-refractivity contribution < 1.29 is 22.6 Å². The van der Waals surface area contributed by atoms with Crippen LogP contribution in [0, 0.1) is 0 Å². The number of halogens is 4. The molecule has 0 bridgehead atoms. The van der Waals surface area contributed by atoms with E-state index in [0.717, 1.165) is 0 Å². The average molecular weight is 270 g/mol. The van der Waals surface area contributed by atoms with Crippen LogP contribution in [-0.4, -0.2) is 24.9 Å². The molecule has 0 aliphatic rings. The van der Waals surface area contributed by atoms with Gasteiger partial charge in [-0.25, -0.2) is 4.39 Å². The van der Waals surface area contributed by atoms with Crippen LogP contribution in [0.4, 0.5) is 13.2 Å². The second-order valence-corrected chi connectivity index (χ2v) is 3.46. The SMILES string of the molecule is NCCOc1ccc(OC(F)(F)C(F)Cl)cc1. The van der Waals surface area contributed by atoms with Crippen molar-refractivity contribution in [3.63, 3.8) is 0 Å². The summed E-state index contributed by atoms with van der Waals surface area (Å²) in [6, 6.07) is 5.25. The Morgan fingerprint density at radius 2 is 1.76 bits per heavy atom. The Labute approximate surface area is 101 Å². The molecule has 0 saturated heterocycles. The van der Waals surface area contributed by atoms with E-state index in [0.29, 0.717) is 18.9 Å². The summed E-state index contributed by atoms with van der Waals surface area (Å²) in [4.78, 5) is 0. The zero-order valence-corrected chi connectivity index (χ0v) is 9.46. The maximum absolute atomic E-state index is 12.8. The lowest BCUT2D eigenvalue weighted by Gasteiger charge is -2.17. The van der Waals surface area contributed by atoms with Crippen molar-refractivity contribution in [2.75, 3.05) is 13.2 Å². The molecule has 1 unspecified atom stereocenters. The zero-order chi connectivity index (χ0) is 12.9. The fraction of sp³-hybridized carbons (Fsp3) is 0.400. The summed E-state index contributed by atoms with van der Waals surface area (Å²) in [6.07, 6.45) is -4.07. The first-order valence-corrected chi connectivity index (χ1v) is 5.17. The predicted octanol–water partition coefficient (Wildman–Crippen LogP) is 2.53. The molecule has 0 amide bonds. The summed E-state index contributed by atoms with van der Waals surface area (Å²) in [7, 11) is 0. The molecule has 3 nitrogen and oxygen atoms in total. The molecular formula is C10H11ClF3NO2. The van der Waals surface area contributed by atoms with Gasteiger partial charge in [-0.1, -0.05) is 11.6 Å². The molecule has 17 heavy (non-hydrogen) atoms. The highest BCUT2D eigenvalue weighted by atomic mass is 35.5. The molecule has 0 aliphatic heterocycles. The standard InChI is InChI=1S/C10H11ClF3NO2/c11-9(12)10(13,14)17-8-3-1-7(2-4-8)16-6-5-15/h1-4,9H,5-6,15H2. The Kier molecular flexibility index (Phi) is 4.89. The van der Waals surface area contributed by atoms with Crippen LogP contribution in [-0.2, 0) is 0 Å². The first kappa shape index (κ1) is 13.9. The van der Waals surface area contributed by atoms with Crippen LogP contribution in [0.5, 0.6) is 11.5 Å². The highest BCUT2D eigenvalue weighted by Crippen LogP contribution is 2.29. The van der Waals surface area contributed by atoms with Gasteiger partial charge in [-0.15, -0.1) is 0 Å². The third-order valence-electron chi connectivity index (χ3n) is 1.72. The van der Waals surface area contributed by atoms with Crippen molar-refractivity contribution in [3.05, 3.63) is 24.3 Å². The minimum Gasteiger partial charge on any atom is -0.492 e. The Hall–Kier alpha value is -1.14. The van der Waals surface area contributed by atoms with Gasteiger partial charge in [0.05, 0.1) is 0 Å². The lowest BCUT2D eigenvalue weighted by Crippen LogP contribution is -2.32. The summed E-state index contributed by atoms with van der Waals surface area (Å²) in [5, 5.41) is 0. The second-order valence-electron chi connectivity index (χ2n) is 3.07. The largest absolute Gasteiger partial charge is 0.492 e. The van der Waals surface area contributed by atoms with Gasteiger partial charge < -0.3 is 15.2 Å². The van der Waals surface area contributed by atoms with Crippen LogP contribution in [0.25, 0.3) is 0 Å². The molecule has 1 rings (SSSR count). The van der Waals surface area contributed by atoms with Crippen molar-refractivity contribution in [2.24, 2.45) is 5.73 Å². The number of hydrogen-bond donors (Lipinski definition) is 1. The van der Waals surface area contributed by atoms with E-state index in [-0.39, 0.29) is 5.75 Å². The molecule has 0 heterocycles. The second kappa shape index (κ2) is 5.97. The van der Waals surface area contributed by atoms with Crippen molar-refractivity contribution in [2.45, 2.75) is 11.7 Å². The van der Waals surface area contributed by atoms with Gasteiger partial charge in [0, 0.05) is 6.54 Å². The van der Waals surface area contributed by atoms with Gasteiger partial charge in [-0.05, 0) is 24.3 Å².